The summed E-state index contributed by atoms with van der Waals surface area (Å²) in [5, 5.41) is 2.90. The maximum Gasteiger partial charge on any atom is 0.322 e. The molecule has 0 spiro atoms. The average molecular weight is 355 g/mol. The van der Waals surface area contributed by atoms with Crippen LogP contribution in [0.25, 0.3) is 0 Å². The molecule has 6 heteroatoms. The number of ether oxygens (including phenoxy) is 1. The first-order chi connectivity index (χ1) is 12.4. The van der Waals surface area contributed by atoms with Gasteiger partial charge in [0.1, 0.15) is 5.75 Å². The molecule has 0 unspecified atom stereocenters. The van der Waals surface area contributed by atoms with Gasteiger partial charge in [-0.1, -0.05) is 30.3 Å². The molecule has 2 aromatic rings. The Hall–Kier alpha value is -3.02. The second kappa shape index (κ2) is 8.89. The molecule has 0 aromatic heterocycles. The van der Waals surface area contributed by atoms with Gasteiger partial charge in [-0.05, 0) is 42.7 Å². The Bertz CT molecular complexity index is 752. The average Bonchev–Trinajstić information content (AvgIpc) is 2.59. The number of methoxy groups -OCH3 is 1. The largest absolute Gasteiger partial charge is 0.496 e. The Balaban J connectivity index is 2.16. The number of amides is 3. The first-order valence-corrected chi connectivity index (χ1v) is 8.44. The van der Waals surface area contributed by atoms with E-state index in [1.165, 1.54) is 0 Å². The van der Waals surface area contributed by atoms with E-state index < -0.39 is 5.91 Å². The molecule has 0 aliphatic heterocycles. The standard InChI is InChI=1S/C20H25N3O3/c1-14-11-17(12-15(2)19(14)26-3)22-20(25)23(10-9-18(21)24)13-16-7-5-4-6-8-16/h4-8,11-12H,9-10,13H2,1-3H3,(H2,21,24)(H,22,25). The van der Waals surface area contributed by atoms with E-state index in [0.29, 0.717) is 12.2 Å². The lowest BCUT2D eigenvalue weighted by molar-refractivity contribution is -0.118. The highest BCUT2D eigenvalue weighted by Gasteiger charge is 2.16. The second-order valence-corrected chi connectivity index (χ2v) is 6.20. The summed E-state index contributed by atoms with van der Waals surface area (Å²) in [4.78, 5) is 25.5. The third-order valence-electron chi connectivity index (χ3n) is 4.05. The molecule has 0 aliphatic rings. The fourth-order valence-corrected chi connectivity index (χ4v) is 2.85. The van der Waals surface area contributed by atoms with Crippen LogP contribution in [-0.2, 0) is 11.3 Å². The zero-order chi connectivity index (χ0) is 19.1. The molecule has 26 heavy (non-hydrogen) atoms. The van der Waals surface area contributed by atoms with Crippen molar-refractivity contribution in [3.8, 4) is 5.75 Å². The lowest BCUT2D eigenvalue weighted by Crippen LogP contribution is -2.36. The maximum atomic E-state index is 12.7. The molecular formula is C20H25N3O3. The van der Waals surface area contributed by atoms with E-state index in [1.54, 1.807) is 12.0 Å². The smallest absolute Gasteiger partial charge is 0.322 e. The Labute approximate surface area is 153 Å². The summed E-state index contributed by atoms with van der Waals surface area (Å²) >= 11 is 0. The SMILES string of the molecule is COc1c(C)cc(NC(=O)N(CCC(N)=O)Cc2ccccc2)cc1C. The van der Waals surface area contributed by atoms with Crippen LogP contribution >= 0.6 is 0 Å². The number of carbonyl (C=O) groups excluding carboxylic acids is 2. The quantitative estimate of drug-likeness (QED) is 0.800. The minimum absolute atomic E-state index is 0.112. The van der Waals surface area contributed by atoms with Crippen molar-refractivity contribution in [1.29, 1.82) is 0 Å². The Morgan fingerprint density at radius 1 is 1.12 bits per heavy atom. The molecule has 3 amide bonds. The molecule has 0 heterocycles. The lowest BCUT2D eigenvalue weighted by atomic mass is 10.1. The summed E-state index contributed by atoms with van der Waals surface area (Å²) in [6, 6.07) is 13.1. The molecule has 0 radical (unpaired) electrons. The van der Waals surface area contributed by atoms with Crippen molar-refractivity contribution in [2.24, 2.45) is 5.73 Å². The van der Waals surface area contributed by atoms with Gasteiger partial charge in [0, 0.05) is 25.2 Å². The van der Waals surface area contributed by atoms with E-state index in [2.05, 4.69) is 5.32 Å². The zero-order valence-corrected chi connectivity index (χ0v) is 15.4. The normalized spacial score (nSPS) is 10.3. The third-order valence-corrected chi connectivity index (χ3v) is 4.05. The van der Waals surface area contributed by atoms with Crippen molar-refractivity contribution >= 4 is 17.6 Å². The van der Waals surface area contributed by atoms with E-state index in [-0.39, 0.29) is 19.0 Å². The summed E-state index contributed by atoms with van der Waals surface area (Å²) < 4.78 is 5.35. The maximum absolute atomic E-state index is 12.7. The highest BCUT2D eigenvalue weighted by molar-refractivity contribution is 5.90. The van der Waals surface area contributed by atoms with Crippen molar-refractivity contribution < 1.29 is 14.3 Å². The number of rotatable bonds is 7. The van der Waals surface area contributed by atoms with Crippen LogP contribution in [0, 0.1) is 13.8 Å². The van der Waals surface area contributed by atoms with Crippen molar-refractivity contribution in [2.45, 2.75) is 26.8 Å². The Morgan fingerprint density at radius 2 is 1.73 bits per heavy atom. The monoisotopic (exact) mass is 355 g/mol. The fourth-order valence-electron chi connectivity index (χ4n) is 2.85. The summed E-state index contributed by atoms with van der Waals surface area (Å²) in [6.45, 7) is 4.50. The predicted octanol–water partition coefficient (Wildman–Crippen LogP) is 3.22. The van der Waals surface area contributed by atoms with E-state index in [1.807, 2.05) is 56.3 Å². The number of nitrogens with one attached hydrogen (secondary N) is 1. The van der Waals surface area contributed by atoms with Crippen LogP contribution in [0.15, 0.2) is 42.5 Å². The van der Waals surface area contributed by atoms with Gasteiger partial charge in [0.25, 0.3) is 0 Å². The Morgan fingerprint density at radius 3 is 2.27 bits per heavy atom. The summed E-state index contributed by atoms with van der Waals surface area (Å²) in [5.41, 5.74) is 8.79. The van der Waals surface area contributed by atoms with Crippen molar-refractivity contribution in [1.82, 2.24) is 4.90 Å². The van der Waals surface area contributed by atoms with E-state index in [4.69, 9.17) is 10.5 Å². The van der Waals surface area contributed by atoms with Crippen LogP contribution in [0.2, 0.25) is 0 Å². The second-order valence-electron chi connectivity index (χ2n) is 6.20. The first-order valence-electron chi connectivity index (χ1n) is 8.44. The zero-order valence-electron chi connectivity index (χ0n) is 15.4. The summed E-state index contributed by atoms with van der Waals surface area (Å²) in [5.74, 6) is 0.366. The van der Waals surface area contributed by atoms with Gasteiger partial charge in [-0.2, -0.15) is 0 Å². The minimum Gasteiger partial charge on any atom is -0.496 e. The molecule has 0 bridgehead atoms. The summed E-state index contributed by atoms with van der Waals surface area (Å²) in [7, 11) is 1.62. The Kier molecular flexibility index (Phi) is 6.60. The first kappa shape index (κ1) is 19.3. The van der Waals surface area contributed by atoms with Gasteiger partial charge < -0.3 is 20.7 Å². The number of nitrogens with zero attached hydrogens (tertiary/aromatic N) is 1. The number of carbonyl (C=O) groups is 2. The van der Waals surface area contributed by atoms with E-state index in [9.17, 15) is 9.59 Å². The van der Waals surface area contributed by atoms with Gasteiger partial charge in [0.05, 0.1) is 7.11 Å². The molecule has 3 N–H and O–H groups in total. The van der Waals surface area contributed by atoms with Gasteiger partial charge in [-0.15, -0.1) is 0 Å². The van der Waals surface area contributed by atoms with Crippen LogP contribution < -0.4 is 15.8 Å². The van der Waals surface area contributed by atoms with Gasteiger partial charge in [-0.3, -0.25) is 4.79 Å². The molecule has 0 atom stereocenters. The van der Waals surface area contributed by atoms with Gasteiger partial charge in [0.15, 0.2) is 0 Å². The lowest BCUT2D eigenvalue weighted by Gasteiger charge is -2.23. The number of benzene rings is 2. The van der Waals surface area contributed by atoms with Crippen LogP contribution in [0.4, 0.5) is 10.5 Å². The highest BCUT2D eigenvalue weighted by Crippen LogP contribution is 2.27. The predicted molar refractivity (Wildman–Crippen MR) is 102 cm³/mol. The van der Waals surface area contributed by atoms with Crippen LogP contribution in [0.1, 0.15) is 23.1 Å². The van der Waals surface area contributed by atoms with E-state index >= 15 is 0 Å². The molecule has 6 nitrogen and oxygen atoms in total. The van der Waals surface area contributed by atoms with Crippen molar-refractivity contribution in [3.63, 3.8) is 0 Å². The van der Waals surface area contributed by atoms with Crippen molar-refractivity contribution in [2.75, 3.05) is 19.0 Å². The molecule has 0 aliphatic carbocycles. The number of urea groups is 1. The molecule has 138 valence electrons. The number of hydrogen-bond donors (Lipinski definition) is 2. The number of anilines is 1. The molecule has 2 rings (SSSR count). The van der Waals surface area contributed by atoms with Crippen LogP contribution in [0.5, 0.6) is 5.75 Å². The number of nitrogens with two attached hydrogens (primary N) is 1. The minimum atomic E-state index is -0.438. The molecule has 0 fully saturated rings. The van der Waals surface area contributed by atoms with Gasteiger partial charge in [-0.25, -0.2) is 4.79 Å². The molecule has 0 saturated heterocycles. The van der Waals surface area contributed by atoms with Crippen LogP contribution in [-0.4, -0.2) is 30.5 Å². The van der Waals surface area contributed by atoms with Gasteiger partial charge in [0.2, 0.25) is 5.91 Å². The van der Waals surface area contributed by atoms with Crippen LogP contribution in [0.3, 0.4) is 0 Å². The molecule has 0 saturated carbocycles. The number of primary amides is 1. The number of aryl methyl sites for hydroxylation is 2. The fraction of sp³-hybridized carbons (Fsp3) is 0.300. The van der Waals surface area contributed by atoms with E-state index in [0.717, 1.165) is 22.4 Å². The van der Waals surface area contributed by atoms with Crippen molar-refractivity contribution in [3.05, 3.63) is 59.2 Å². The topological polar surface area (TPSA) is 84.7 Å². The van der Waals surface area contributed by atoms with Gasteiger partial charge >= 0.3 is 6.03 Å². The molecular weight excluding hydrogens is 330 g/mol. The number of hydrogen-bond acceptors (Lipinski definition) is 3. The summed E-state index contributed by atoms with van der Waals surface area (Å²) in [6.07, 6.45) is 0.112. The highest BCUT2D eigenvalue weighted by atomic mass is 16.5. The molecule has 2 aromatic carbocycles. The third kappa shape index (κ3) is 5.24.